The molecule has 1 N–H and O–H groups in total. The zero-order valence-electron chi connectivity index (χ0n) is 18.0. The fraction of sp³-hybridized carbons (Fsp3) is 0.304. The van der Waals surface area contributed by atoms with E-state index in [4.69, 9.17) is 0 Å². The second-order valence-corrected chi connectivity index (χ2v) is 8.75. The summed E-state index contributed by atoms with van der Waals surface area (Å²) in [6, 6.07) is 7.62. The normalized spacial score (nSPS) is 21.5. The second-order valence-electron chi connectivity index (χ2n) is 8.75. The number of benzene rings is 1. The summed E-state index contributed by atoms with van der Waals surface area (Å²) < 4.78 is 29.2. The van der Waals surface area contributed by atoms with E-state index in [1.807, 2.05) is 11.9 Å². The maximum absolute atomic E-state index is 14.2. The number of halogens is 2. The molecule has 0 spiro atoms. The molecule has 2 aliphatic rings. The molecule has 10 heteroatoms. The van der Waals surface area contributed by atoms with E-state index in [0.29, 0.717) is 29.0 Å². The van der Waals surface area contributed by atoms with E-state index in [0.717, 1.165) is 30.8 Å². The molecule has 33 heavy (non-hydrogen) atoms. The molecule has 0 radical (unpaired) electrons. The monoisotopic (exact) mass is 449 g/mol. The van der Waals surface area contributed by atoms with Crippen LogP contribution in [-0.2, 0) is 7.05 Å². The number of hydrogen-bond donors (Lipinski definition) is 1. The lowest BCUT2D eigenvalue weighted by atomic mass is 10.2. The number of rotatable bonds is 4. The quantitative estimate of drug-likeness (QED) is 0.516. The summed E-state index contributed by atoms with van der Waals surface area (Å²) in [5, 5.41) is 0. The Morgan fingerprint density at radius 3 is 2.67 bits per heavy atom. The van der Waals surface area contributed by atoms with Crippen LogP contribution in [0.25, 0.3) is 22.3 Å². The first-order valence-electron chi connectivity index (χ1n) is 10.7. The van der Waals surface area contributed by atoms with Crippen LogP contribution in [0.3, 0.4) is 0 Å². The van der Waals surface area contributed by atoms with Crippen LogP contribution in [0.1, 0.15) is 0 Å². The van der Waals surface area contributed by atoms with Gasteiger partial charge in [0.2, 0.25) is 11.9 Å². The Morgan fingerprint density at radius 2 is 1.91 bits per heavy atom. The van der Waals surface area contributed by atoms with Crippen LogP contribution in [0.4, 0.5) is 20.7 Å². The van der Waals surface area contributed by atoms with Crippen LogP contribution in [0.15, 0.2) is 47.5 Å². The van der Waals surface area contributed by atoms with Crippen molar-refractivity contribution in [2.45, 2.75) is 6.04 Å². The highest BCUT2D eigenvalue weighted by Crippen LogP contribution is 2.50. The molecule has 4 heterocycles. The number of pyridine rings is 1. The molecule has 1 aromatic carbocycles. The molecule has 1 aliphatic carbocycles. The summed E-state index contributed by atoms with van der Waals surface area (Å²) in [4.78, 5) is 33.0. The molecule has 6 rings (SSSR count). The Morgan fingerprint density at radius 1 is 1.12 bits per heavy atom. The Labute approximate surface area is 187 Å². The van der Waals surface area contributed by atoms with Crippen LogP contribution in [-0.4, -0.2) is 50.7 Å². The van der Waals surface area contributed by atoms with E-state index in [2.05, 4.69) is 24.8 Å². The Bertz CT molecular complexity index is 1440. The minimum atomic E-state index is -0.517. The molecule has 3 aromatic heterocycles. The number of imidazole rings is 1. The molecule has 1 saturated carbocycles. The fourth-order valence-electron chi connectivity index (χ4n) is 5.05. The van der Waals surface area contributed by atoms with E-state index in [1.54, 1.807) is 13.1 Å². The van der Waals surface area contributed by atoms with Gasteiger partial charge in [-0.15, -0.1) is 0 Å². The van der Waals surface area contributed by atoms with Gasteiger partial charge < -0.3 is 14.8 Å². The second kappa shape index (κ2) is 7.09. The highest BCUT2D eigenvalue weighted by Gasteiger charge is 2.58. The minimum absolute atomic E-state index is 0.221. The van der Waals surface area contributed by atoms with Crippen molar-refractivity contribution in [1.29, 1.82) is 0 Å². The average Bonchev–Trinajstić information content (AvgIpc) is 3.12. The lowest BCUT2D eigenvalue weighted by molar-refractivity contribution is 0.623. The van der Waals surface area contributed by atoms with Gasteiger partial charge >= 0.3 is 0 Å². The van der Waals surface area contributed by atoms with Crippen LogP contribution >= 0.6 is 0 Å². The van der Waals surface area contributed by atoms with Gasteiger partial charge in [0.15, 0.2) is 5.82 Å². The molecule has 168 valence electrons. The summed E-state index contributed by atoms with van der Waals surface area (Å²) in [5.41, 5.74) is 1.71. The van der Waals surface area contributed by atoms with Crippen molar-refractivity contribution in [3.63, 3.8) is 0 Å². The van der Waals surface area contributed by atoms with E-state index in [-0.39, 0.29) is 23.0 Å². The van der Waals surface area contributed by atoms with Gasteiger partial charge in [0.25, 0.3) is 5.56 Å². The molecule has 0 amide bonds. The van der Waals surface area contributed by atoms with E-state index < -0.39 is 5.82 Å². The molecular formula is C23H21F2N7O. The Kier molecular flexibility index (Phi) is 4.26. The SMILES string of the molecule is CN(c1nc(-c2ccncc2F)cc(=O)n1C)[C@@H]1[C@@H]2CN(c3nc4cc(F)ccc4[nH]3)C[C@@H]21. The van der Waals surface area contributed by atoms with E-state index in [1.165, 1.54) is 35.0 Å². The number of piperidine rings is 1. The molecule has 2 fully saturated rings. The molecule has 0 unspecified atom stereocenters. The third-order valence-corrected chi connectivity index (χ3v) is 6.80. The van der Waals surface area contributed by atoms with Gasteiger partial charge in [0.05, 0.1) is 22.9 Å². The zero-order valence-corrected chi connectivity index (χ0v) is 18.0. The predicted octanol–water partition coefficient (Wildman–Crippen LogP) is 2.57. The highest BCUT2D eigenvalue weighted by molar-refractivity contribution is 5.77. The molecule has 1 saturated heterocycles. The van der Waals surface area contributed by atoms with Gasteiger partial charge in [-0.05, 0) is 18.2 Å². The van der Waals surface area contributed by atoms with Crippen molar-refractivity contribution < 1.29 is 8.78 Å². The summed E-state index contributed by atoms with van der Waals surface area (Å²) >= 11 is 0. The van der Waals surface area contributed by atoms with Crippen molar-refractivity contribution in [2.75, 3.05) is 29.9 Å². The van der Waals surface area contributed by atoms with Crippen LogP contribution in [0, 0.1) is 23.5 Å². The summed E-state index contributed by atoms with van der Waals surface area (Å²) in [5.74, 6) is 1.19. The smallest absolute Gasteiger partial charge is 0.255 e. The third kappa shape index (κ3) is 3.16. The van der Waals surface area contributed by atoms with Gasteiger partial charge in [0, 0.05) is 69.0 Å². The average molecular weight is 449 g/mol. The number of H-pyrrole nitrogens is 1. The third-order valence-electron chi connectivity index (χ3n) is 6.80. The first kappa shape index (κ1) is 19.8. The van der Waals surface area contributed by atoms with Gasteiger partial charge in [-0.3, -0.25) is 14.3 Å². The molecule has 8 nitrogen and oxygen atoms in total. The molecule has 1 aliphatic heterocycles. The van der Waals surface area contributed by atoms with Crippen molar-refractivity contribution in [3.05, 3.63) is 64.7 Å². The van der Waals surface area contributed by atoms with Crippen LogP contribution in [0.5, 0.6) is 0 Å². The van der Waals surface area contributed by atoms with Gasteiger partial charge in [-0.1, -0.05) is 0 Å². The first-order chi connectivity index (χ1) is 15.9. The number of aromatic amines is 1. The number of nitrogens with zero attached hydrogens (tertiary/aromatic N) is 6. The maximum atomic E-state index is 14.2. The van der Waals surface area contributed by atoms with Crippen molar-refractivity contribution >= 4 is 22.9 Å². The number of hydrogen-bond acceptors (Lipinski definition) is 6. The zero-order chi connectivity index (χ0) is 22.9. The Balaban J connectivity index is 1.23. The highest BCUT2D eigenvalue weighted by atomic mass is 19.1. The van der Waals surface area contributed by atoms with E-state index >= 15 is 0 Å². The summed E-state index contributed by atoms with van der Waals surface area (Å²) in [6.07, 6.45) is 2.59. The minimum Gasteiger partial charge on any atom is -0.342 e. The maximum Gasteiger partial charge on any atom is 0.255 e. The van der Waals surface area contributed by atoms with Crippen LogP contribution < -0.4 is 15.4 Å². The van der Waals surface area contributed by atoms with Gasteiger partial charge in [0.1, 0.15) is 5.82 Å². The Hall–Kier alpha value is -3.82. The number of anilines is 2. The van der Waals surface area contributed by atoms with Gasteiger partial charge in [-0.25, -0.2) is 18.7 Å². The van der Waals surface area contributed by atoms with Crippen molar-refractivity contribution in [2.24, 2.45) is 18.9 Å². The molecule has 0 bridgehead atoms. The predicted molar refractivity (Wildman–Crippen MR) is 120 cm³/mol. The summed E-state index contributed by atoms with van der Waals surface area (Å²) in [7, 11) is 3.59. The number of fused-ring (bicyclic) bond motifs is 2. The first-order valence-corrected chi connectivity index (χ1v) is 10.7. The fourth-order valence-corrected chi connectivity index (χ4v) is 5.05. The summed E-state index contributed by atoms with van der Waals surface area (Å²) in [6.45, 7) is 1.60. The van der Waals surface area contributed by atoms with E-state index in [9.17, 15) is 13.6 Å². The topological polar surface area (TPSA) is 82.9 Å². The lowest BCUT2D eigenvalue weighted by Gasteiger charge is -2.26. The lowest BCUT2D eigenvalue weighted by Crippen LogP contribution is -2.36. The molecule has 4 aromatic rings. The largest absolute Gasteiger partial charge is 0.342 e. The number of aromatic nitrogens is 5. The van der Waals surface area contributed by atoms with Crippen molar-refractivity contribution in [3.8, 4) is 11.3 Å². The standard InChI is InChI=1S/C23H21F2N7O/c1-30-20(33)8-18(13-5-6-26-9-16(13)25)29-23(30)31(2)21-14-10-32(11-15(14)21)22-27-17-4-3-12(24)7-19(17)28-22/h3-9,14-15,21H,10-11H2,1-2H3,(H,27,28)/t14-,15+,21-. The molecular weight excluding hydrogens is 428 g/mol. The number of nitrogens with one attached hydrogen (secondary N) is 1. The van der Waals surface area contributed by atoms with Crippen molar-refractivity contribution in [1.82, 2.24) is 24.5 Å². The van der Waals surface area contributed by atoms with Gasteiger partial charge in [-0.2, -0.15) is 0 Å². The van der Waals surface area contributed by atoms with Crippen LogP contribution in [0.2, 0.25) is 0 Å². The molecule has 3 atom stereocenters.